The minimum Gasteiger partial charge on any atom is -0.476 e. The van der Waals surface area contributed by atoms with Crippen molar-refractivity contribution in [2.24, 2.45) is 0 Å². The van der Waals surface area contributed by atoms with Crippen LogP contribution in [0.3, 0.4) is 0 Å². The molecule has 2 aromatic rings. The van der Waals surface area contributed by atoms with Crippen molar-refractivity contribution in [1.82, 2.24) is 25.5 Å². The number of carbonyl (C=O) groups is 2. The van der Waals surface area contributed by atoms with Crippen LogP contribution in [0.2, 0.25) is 0 Å². The molecule has 9 heteroatoms. The molecule has 0 aliphatic rings. The van der Waals surface area contributed by atoms with Crippen LogP contribution in [0.15, 0.2) is 5.38 Å². The van der Waals surface area contributed by atoms with Crippen LogP contribution in [0.1, 0.15) is 58.2 Å². The van der Waals surface area contributed by atoms with Crippen molar-refractivity contribution in [3.05, 3.63) is 27.7 Å². The lowest BCUT2D eigenvalue weighted by Crippen LogP contribution is -2.27. The zero-order valence-corrected chi connectivity index (χ0v) is 12.4. The molecule has 0 saturated carbocycles. The maximum Gasteiger partial charge on any atom is 0.355 e. The largest absolute Gasteiger partial charge is 0.476 e. The lowest BCUT2D eigenvalue weighted by Gasteiger charge is -2.08. The first-order chi connectivity index (χ1) is 10.0. The number of hydrogen-bond donors (Lipinski definition) is 3. The number of H-pyrrole nitrogens is 1. The summed E-state index contributed by atoms with van der Waals surface area (Å²) in [5.74, 6) is -0.777. The number of nitrogens with one attached hydrogen (secondary N) is 2. The van der Waals surface area contributed by atoms with E-state index in [1.807, 2.05) is 6.92 Å². The maximum absolute atomic E-state index is 12.0. The Labute approximate surface area is 124 Å². The molecule has 0 spiro atoms. The molecule has 0 radical (unpaired) electrons. The van der Waals surface area contributed by atoms with Gasteiger partial charge in [0.1, 0.15) is 10.8 Å². The average molecular weight is 309 g/mol. The number of amides is 1. The maximum atomic E-state index is 12.0. The fraction of sp³-hybridized carbons (Fsp3) is 0.417. The van der Waals surface area contributed by atoms with Crippen LogP contribution >= 0.6 is 11.3 Å². The Morgan fingerprint density at radius 1 is 1.48 bits per heavy atom. The zero-order chi connectivity index (χ0) is 15.4. The second-order valence-electron chi connectivity index (χ2n) is 4.43. The smallest absolute Gasteiger partial charge is 0.355 e. The number of aryl methyl sites for hydroxylation is 1. The molecule has 1 amide bonds. The first kappa shape index (κ1) is 15.1. The van der Waals surface area contributed by atoms with E-state index in [0.717, 1.165) is 12.8 Å². The summed E-state index contributed by atoms with van der Waals surface area (Å²) in [5.41, 5.74) is -0.0285. The third kappa shape index (κ3) is 3.63. The van der Waals surface area contributed by atoms with E-state index in [9.17, 15) is 9.59 Å². The van der Waals surface area contributed by atoms with Crippen molar-refractivity contribution in [3.8, 4) is 0 Å². The van der Waals surface area contributed by atoms with Gasteiger partial charge in [0, 0.05) is 11.8 Å². The number of hydrogen-bond acceptors (Lipinski definition) is 6. The van der Waals surface area contributed by atoms with Gasteiger partial charge in [0.2, 0.25) is 5.82 Å². The topological polar surface area (TPSA) is 121 Å². The van der Waals surface area contributed by atoms with Crippen molar-refractivity contribution in [2.45, 2.75) is 32.7 Å². The van der Waals surface area contributed by atoms with Crippen molar-refractivity contribution in [1.29, 1.82) is 0 Å². The number of aromatic amines is 1. The van der Waals surface area contributed by atoms with Crippen LogP contribution in [0.25, 0.3) is 0 Å². The standard InChI is InChI=1S/C12H15N5O3S/c1-3-4-8-15-9(17-16-8)10(18)13-6(2)11-14-7(5-21-11)12(19)20/h5-6H,3-4H2,1-2H3,(H,13,18)(H,19,20)(H,15,16,17). The Kier molecular flexibility index (Phi) is 4.63. The van der Waals surface area contributed by atoms with Gasteiger partial charge in [0.15, 0.2) is 5.69 Å². The Bertz CT molecular complexity index is 651. The first-order valence-electron chi connectivity index (χ1n) is 6.42. The van der Waals surface area contributed by atoms with E-state index in [-0.39, 0.29) is 11.5 Å². The molecular weight excluding hydrogens is 294 g/mol. The summed E-state index contributed by atoms with van der Waals surface area (Å²) >= 11 is 1.18. The number of aromatic carboxylic acids is 1. The van der Waals surface area contributed by atoms with Gasteiger partial charge in [-0.05, 0) is 13.3 Å². The fourth-order valence-electron chi connectivity index (χ4n) is 1.65. The first-order valence-corrected chi connectivity index (χ1v) is 7.30. The van der Waals surface area contributed by atoms with Crippen LogP contribution in [-0.2, 0) is 6.42 Å². The fourth-order valence-corrected chi connectivity index (χ4v) is 2.45. The molecule has 2 rings (SSSR count). The molecule has 8 nitrogen and oxygen atoms in total. The number of rotatable bonds is 6. The molecule has 3 N–H and O–H groups in total. The highest BCUT2D eigenvalue weighted by Crippen LogP contribution is 2.18. The molecule has 0 aliphatic carbocycles. The third-order valence-electron chi connectivity index (χ3n) is 2.68. The van der Waals surface area contributed by atoms with Gasteiger partial charge < -0.3 is 10.4 Å². The van der Waals surface area contributed by atoms with Crippen molar-refractivity contribution >= 4 is 23.2 Å². The van der Waals surface area contributed by atoms with E-state index < -0.39 is 17.9 Å². The summed E-state index contributed by atoms with van der Waals surface area (Å²) in [4.78, 5) is 30.8. The van der Waals surface area contributed by atoms with Gasteiger partial charge >= 0.3 is 5.97 Å². The summed E-state index contributed by atoms with van der Waals surface area (Å²) in [5, 5.41) is 20.0. The third-order valence-corrected chi connectivity index (χ3v) is 3.71. The van der Waals surface area contributed by atoms with Crippen LogP contribution in [-0.4, -0.2) is 37.1 Å². The van der Waals surface area contributed by atoms with Gasteiger partial charge in [0.25, 0.3) is 5.91 Å². The molecule has 1 atom stereocenters. The quantitative estimate of drug-likeness (QED) is 0.741. The molecule has 0 bridgehead atoms. The van der Waals surface area contributed by atoms with Crippen LogP contribution in [0, 0.1) is 0 Å². The van der Waals surface area contributed by atoms with E-state index >= 15 is 0 Å². The predicted octanol–water partition coefficient (Wildman–Crippen LogP) is 1.40. The van der Waals surface area contributed by atoms with Crippen molar-refractivity contribution in [2.75, 3.05) is 0 Å². The van der Waals surface area contributed by atoms with Crippen molar-refractivity contribution < 1.29 is 14.7 Å². The van der Waals surface area contributed by atoms with Crippen LogP contribution in [0.5, 0.6) is 0 Å². The number of carbonyl (C=O) groups excluding carboxylic acids is 1. The second-order valence-corrected chi connectivity index (χ2v) is 5.32. The molecule has 0 saturated heterocycles. The summed E-state index contributed by atoms with van der Waals surface area (Å²) in [6, 6.07) is -0.413. The highest BCUT2D eigenvalue weighted by molar-refractivity contribution is 7.09. The summed E-state index contributed by atoms with van der Waals surface area (Å²) in [6.45, 7) is 3.73. The Morgan fingerprint density at radius 3 is 2.86 bits per heavy atom. The van der Waals surface area contributed by atoms with Crippen LogP contribution < -0.4 is 5.32 Å². The van der Waals surface area contributed by atoms with Gasteiger partial charge in [-0.25, -0.2) is 14.8 Å². The van der Waals surface area contributed by atoms with E-state index in [2.05, 4.69) is 25.5 Å². The lowest BCUT2D eigenvalue weighted by atomic mass is 10.3. The van der Waals surface area contributed by atoms with Crippen molar-refractivity contribution in [3.63, 3.8) is 0 Å². The molecule has 0 fully saturated rings. The van der Waals surface area contributed by atoms with E-state index in [0.29, 0.717) is 10.8 Å². The predicted molar refractivity (Wildman–Crippen MR) is 75.3 cm³/mol. The van der Waals surface area contributed by atoms with Gasteiger partial charge in [-0.1, -0.05) is 6.92 Å². The average Bonchev–Trinajstić information content (AvgIpc) is 3.07. The minimum atomic E-state index is -1.09. The van der Waals surface area contributed by atoms with Gasteiger partial charge in [-0.15, -0.1) is 16.4 Å². The van der Waals surface area contributed by atoms with Gasteiger partial charge in [-0.2, -0.15) is 0 Å². The molecule has 1 unspecified atom stereocenters. The normalized spacial score (nSPS) is 12.1. The molecular formula is C12H15N5O3S. The molecule has 2 heterocycles. The lowest BCUT2D eigenvalue weighted by molar-refractivity contribution is 0.0691. The SMILES string of the molecule is CCCc1nc(C(=O)NC(C)c2nc(C(=O)O)cs2)n[nH]1. The van der Waals surface area contributed by atoms with Gasteiger partial charge in [-0.3, -0.25) is 9.89 Å². The minimum absolute atomic E-state index is 0.0285. The number of nitrogens with zero attached hydrogens (tertiary/aromatic N) is 3. The van der Waals surface area contributed by atoms with E-state index in [1.165, 1.54) is 16.7 Å². The molecule has 2 aromatic heterocycles. The van der Waals surface area contributed by atoms with Gasteiger partial charge in [0.05, 0.1) is 6.04 Å². The molecule has 21 heavy (non-hydrogen) atoms. The number of carboxylic acid groups (broad SMARTS) is 1. The molecule has 0 aliphatic heterocycles. The Hall–Kier alpha value is -2.29. The summed E-state index contributed by atoms with van der Waals surface area (Å²) < 4.78 is 0. The Morgan fingerprint density at radius 2 is 2.24 bits per heavy atom. The number of carboxylic acids is 1. The summed E-state index contributed by atoms with van der Waals surface area (Å²) in [7, 11) is 0. The van der Waals surface area contributed by atoms with E-state index in [4.69, 9.17) is 5.11 Å². The Balaban J connectivity index is 2.01. The number of aromatic nitrogens is 4. The number of thiazole rings is 1. The van der Waals surface area contributed by atoms with Crippen LogP contribution in [0.4, 0.5) is 0 Å². The highest BCUT2D eigenvalue weighted by Gasteiger charge is 2.19. The second kappa shape index (κ2) is 6.44. The molecule has 0 aromatic carbocycles. The monoisotopic (exact) mass is 309 g/mol. The summed E-state index contributed by atoms with van der Waals surface area (Å²) in [6.07, 6.45) is 1.63. The highest BCUT2D eigenvalue weighted by atomic mass is 32.1. The molecule has 112 valence electrons. The zero-order valence-electron chi connectivity index (χ0n) is 11.6. The van der Waals surface area contributed by atoms with E-state index in [1.54, 1.807) is 6.92 Å².